The zero-order valence-corrected chi connectivity index (χ0v) is 7.69. The quantitative estimate of drug-likeness (QED) is 0.351. The lowest BCUT2D eigenvalue weighted by Crippen LogP contribution is -1.83. The molecule has 2 N–H and O–H groups in total. The lowest BCUT2D eigenvalue weighted by Gasteiger charge is -1.96. The zero-order valence-electron chi connectivity index (χ0n) is 5.53. The van der Waals surface area contributed by atoms with Crippen LogP contribution in [0, 0.1) is 3.57 Å². The first-order valence-corrected chi connectivity index (χ1v) is 3.98. The maximum Gasteiger partial charge on any atom is 0.124 e. The molecule has 0 spiro atoms. The van der Waals surface area contributed by atoms with Crippen LogP contribution in [0.4, 0.5) is 0 Å². The molecule has 11 heavy (non-hydrogen) atoms. The van der Waals surface area contributed by atoms with Crippen molar-refractivity contribution in [3.63, 3.8) is 0 Å². The van der Waals surface area contributed by atoms with Gasteiger partial charge in [0.2, 0.25) is 0 Å². The van der Waals surface area contributed by atoms with Crippen LogP contribution in [0.2, 0.25) is 0 Å². The van der Waals surface area contributed by atoms with Gasteiger partial charge in [-0.2, -0.15) is 0 Å². The first kappa shape index (κ1) is 8.32. The summed E-state index contributed by atoms with van der Waals surface area (Å²) in [6.07, 6.45) is 1.19. The normalized spacial score (nSPS) is 10.6. The molecule has 0 saturated carbocycles. The molecule has 0 aromatic heterocycles. The minimum Gasteiger partial charge on any atom is -0.507 e. The van der Waals surface area contributed by atoms with Crippen molar-refractivity contribution < 1.29 is 10.3 Å². The van der Waals surface area contributed by atoms with Crippen LogP contribution >= 0.6 is 22.6 Å². The highest BCUT2D eigenvalue weighted by Gasteiger charge is 1.97. The fourth-order valence-corrected chi connectivity index (χ4v) is 1.21. The number of oxime groups is 1. The molecular formula is C7H6INO2. The Labute approximate surface area is 77.5 Å². The van der Waals surface area contributed by atoms with E-state index in [0.29, 0.717) is 5.56 Å². The van der Waals surface area contributed by atoms with E-state index in [1.165, 1.54) is 6.21 Å². The molecule has 0 fully saturated rings. The maximum atomic E-state index is 9.16. The van der Waals surface area contributed by atoms with E-state index in [4.69, 9.17) is 10.3 Å². The average Bonchev–Trinajstić information content (AvgIpc) is 1.98. The average molecular weight is 263 g/mol. The molecule has 0 amide bonds. The molecule has 1 aromatic rings. The van der Waals surface area contributed by atoms with Gasteiger partial charge < -0.3 is 10.3 Å². The summed E-state index contributed by atoms with van der Waals surface area (Å²) in [7, 11) is 0. The van der Waals surface area contributed by atoms with E-state index in [0.717, 1.165) is 3.57 Å². The highest BCUT2D eigenvalue weighted by Crippen LogP contribution is 2.17. The van der Waals surface area contributed by atoms with Gasteiger partial charge in [0.25, 0.3) is 0 Å². The number of halogens is 1. The fraction of sp³-hybridized carbons (Fsp3) is 0. The van der Waals surface area contributed by atoms with Crippen molar-refractivity contribution in [2.24, 2.45) is 5.16 Å². The molecule has 1 aromatic carbocycles. The predicted octanol–water partition coefficient (Wildman–Crippen LogP) is 1.80. The van der Waals surface area contributed by atoms with Gasteiger partial charge in [-0.25, -0.2) is 0 Å². The largest absolute Gasteiger partial charge is 0.507 e. The summed E-state index contributed by atoms with van der Waals surface area (Å²) in [4.78, 5) is 0. The van der Waals surface area contributed by atoms with Gasteiger partial charge in [-0.05, 0) is 40.8 Å². The molecule has 0 aliphatic rings. The van der Waals surface area contributed by atoms with Gasteiger partial charge in [-0.1, -0.05) is 5.16 Å². The second-order valence-electron chi connectivity index (χ2n) is 1.95. The number of rotatable bonds is 1. The number of hydrogen-bond acceptors (Lipinski definition) is 3. The van der Waals surface area contributed by atoms with Crippen LogP contribution in [0.1, 0.15) is 5.56 Å². The fourth-order valence-electron chi connectivity index (χ4n) is 0.691. The Bertz CT molecular complexity index is 286. The van der Waals surface area contributed by atoms with E-state index in [1.54, 1.807) is 18.2 Å². The minimum absolute atomic E-state index is 0.114. The monoisotopic (exact) mass is 263 g/mol. The Morgan fingerprint density at radius 3 is 2.82 bits per heavy atom. The smallest absolute Gasteiger partial charge is 0.124 e. The topological polar surface area (TPSA) is 52.8 Å². The van der Waals surface area contributed by atoms with Crippen molar-refractivity contribution in [3.8, 4) is 5.75 Å². The summed E-state index contributed by atoms with van der Waals surface area (Å²) in [6.45, 7) is 0. The predicted molar refractivity (Wildman–Crippen MR) is 50.2 cm³/mol. The lowest BCUT2D eigenvalue weighted by molar-refractivity contribution is 0.321. The Balaban J connectivity index is 3.12. The summed E-state index contributed by atoms with van der Waals surface area (Å²) >= 11 is 2.11. The standard InChI is InChI=1S/C7H6INO2/c8-6-1-2-7(10)5(3-6)4-9-11/h1-4,10-11H. The van der Waals surface area contributed by atoms with Crippen LogP contribution in [0.5, 0.6) is 5.75 Å². The second-order valence-corrected chi connectivity index (χ2v) is 3.19. The Hall–Kier alpha value is -0.780. The zero-order chi connectivity index (χ0) is 8.27. The van der Waals surface area contributed by atoms with E-state index in [9.17, 15) is 0 Å². The third kappa shape index (κ3) is 2.07. The molecule has 1 rings (SSSR count). The van der Waals surface area contributed by atoms with Gasteiger partial charge in [0.1, 0.15) is 5.75 Å². The van der Waals surface area contributed by atoms with Gasteiger partial charge in [-0.3, -0.25) is 0 Å². The first-order valence-electron chi connectivity index (χ1n) is 2.90. The molecule has 0 aliphatic carbocycles. The Morgan fingerprint density at radius 1 is 1.45 bits per heavy atom. The summed E-state index contributed by atoms with van der Waals surface area (Å²) in [5, 5.41) is 20.2. The van der Waals surface area contributed by atoms with Gasteiger partial charge in [0.05, 0.1) is 6.21 Å². The molecular weight excluding hydrogens is 257 g/mol. The molecule has 0 heterocycles. The summed E-state index contributed by atoms with van der Waals surface area (Å²) in [5.74, 6) is 0.114. The number of benzene rings is 1. The SMILES string of the molecule is ON=Cc1cc(I)ccc1O. The molecule has 0 radical (unpaired) electrons. The minimum atomic E-state index is 0.114. The number of phenolic OH excluding ortho intramolecular Hbond substituents is 1. The summed E-state index contributed by atoms with van der Waals surface area (Å²) in [6, 6.07) is 5.04. The number of hydrogen-bond donors (Lipinski definition) is 2. The third-order valence-corrected chi connectivity index (χ3v) is 1.86. The van der Waals surface area contributed by atoms with Crippen LogP contribution in [0.15, 0.2) is 23.4 Å². The Kier molecular flexibility index (Phi) is 2.70. The molecule has 4 heteroatoms. The molecule has 0 unspecified atom stereocenters. The van der Waals surface area contributed by atoms with Crippen LogP contribution in [-0.2, 0) is 0 Å². The summed E-state index contributed by atoms with van der Waals surface area (Å²) < 4.78 is 0.982. The van der Waals surface area contributed by atoms with Crippen molar-refractivity contribution in [1.82, 2.24) is 0 Å². The maximum absolute atomic E-state index is 9.16. The molecule has 0 bridgehead atoms. The molecule has 3 nitrogen and oxygen atoms in total. The summed E-state index contributed by atoms with van der Waals surface area (Å²) in [5.41, 5.74) is 0.513. The van der Waals surface area contributed by atoms with Gasteiger partial charge >= 0.3 is 0 Å². The highest BCUT2D eigenvalue weighted by atomic mass is 127. The third-order valence-electron chi connectivity index (χ3n) is 1.19. The second kappa shape index (κ2) is 3.56. The molecule has 58 valence electrons. The lowest BCUT2D eigenvalue weighted by atomic mass is 10.2. The van der Waals surface area contributed by atoms with E-state index in [-0.39, 0.29) is 5.75 Å². The van der Waals surface area contributed by atoms with Crippen molar-refractivity contribution in [2.45, 2.75) is 0 Å². The van der Waals surface area contributed by atoms with Gasteiger partial charge in [-0.15, -0.1) is 0 Å². The van der Waals surface area contributed by atoms with Gasteiger partial charge in [0.15, 0.2) is 0 Å². The van der Waals surface area contributed by atoms with E-state index >= 15 is 0 Å². The van der Waals surface area contributed by atoms with Crippen LogP contribution in [-0.4, -0.2) is 16.5 Å². The van der Waals surface area contributed by atoms with Crippen molar-refractivity contribution in [1.29, 1.82) is 0 Å². The van der Waals surface area contributed by atoms with Crippen LogP contribution in [0.3, 0.4) is 0 Å². The molecule has 0 aliphatic heterocycles. The molecule has 0 saturated heterocycles. The van der Waals surface area contributed by atoms with Crippen molar-refractivity contribution in [3.05, 3.63) is 27.3 Å². The Morgan fingerprint density at radius 2 is 2.18 bits per heavy atom. The highest BCUT2D eigenvalue weighted by molar-refractivity contribution is 14.1. The number of aromatic hydroxyl groups is 1. The number of nitrogens with zero attached hydrogens (tertiary/aromatic N) is 1. The van der Waals surface area contributed by atoms with E-state index < -0.39 is 0 Å². The first-order chi connectivity index (χ1) is 5.24. The molecule has 0 atom stereocenters. The van der Waals surface area contributed by atoms with Crippen LogP contribution < -0.4 is 0 Å². The van der Waals surface area contributed by atoms with Crippen molar-refractivity contribution >= 4 is 28.8 Å². The number of phenols is 1. The van der Waals surface area contributed by atoms with Gasteiger partial charge in [0, 0.05) is 9.13 Å². The van der Waals surface area contributed by atoms with Crippen LogP contribution in [0.25, 0.3) is 0 Å². The van der Waals surface area contributed by atoms with E-state index in [1.807, 2.05) is 0 Å². The van der Waals surface area contributed by atoms with E-state index in [2.05, 4.69) is 27.7 Å². The van der Waals surface area contributed by atoms with Crippen molar-refractivity contribution in [2.75, 3.05) is 0 Å².